The molecule has 144 valence electrons. The number of amides is 1. The van der Waals surface area contributed by atoms with E-state index in [0.717, 1.165) is 12.5 Å². The van der Waals surface area contributed by atoms with Crippen LogP contribution in [0.5, 0.6) is 0 Å². The molecule has 1 amide bonds. The third kappa shape index (κ3) is 4.46. The van der Waals surface area contributed by atoms with Gasteiger partial charge >= 0.3 is 5.97 Å². The molecule has 0 spiro atoms. The molecule has 0 bridgehead atoms. The molecule has 3 aromatic rings. The number of rotatable bonds is 6. The highest BCUT2D eigenvalue weighted by molar-refractivity contribution is 5.95. The van der Waals surface area contributed by atoms with Gasteiger partial charge in [-0.25, -0.2) is 4.79 Å². The average molecular weight is 379 g/mol. The zero-order valence-electron chi connectivity index (χ0n) is 15.7. The van der Waals surface area contributed by atoms with Crippen LogP contribution in [0.15, 0.2) is 63.8 Å². The van der Waals surface area contributed by atoms with Gasteiger partial charge in [-0.1, -0.05) is 38.1 Å². The molecule has 0 saturated carbocycles. The summed E-state index contributed by atoms with van der Waals surface area (Å²) in [7, 11) is 0. The van der Waals surface area contributed by atoms with Crippen molar-refractivity contribution in [2.24, 2.45) is 0 Å². The Kier molecular flexibility index (Phi) is 5.89. The zero-order valence-corrected chi connectivity index (χ0v) is 15.7. The summed E-state index contributed by atoms with van der Waals surface area (Å²) in [5, 5.41) is 3.04. The Bertz CT molecular complexity index is 1050. The zero-order chi connectivity index (χ0) is 20.1. The van der Waals surface area contributed by atoms with Gasteiger partial charge in [0.25, 0.3) is 5.91 Å². The fraction of sp³-hybridized carbons (Fsp3) is 0.227. The van der Waals surface area contributed by atoms with E-state index in [-0.39, 0.29) is 16.8 Å². The first-order chi connectivity index (χ1) is 13.5. The number of para-hydroxylation sites is 1. The van der Waals surface area contributed by atoms with Crippen LogP contribution in [0, 0.1) is 0 Å². The third-order valence-electron chi connectivity index (χ3n) is 4.55. The van der Waals surface area contributed by atoms with Gasteiger partial charge in [-0.15, -0.1) is 0 Å². The lowest BCUT2D eigenvalue weighted by molar-refractivity contribution is -0.119. The summed E-state index contributed by atoms with van der Waals surface area (Å²) in [6.45, 7) is 3.77. The summed E-state index contributed by atoms with van der Waals surface area (Å²) < 4.78 is 10.4. The number of hydrogen-bond donors (Lipinski definition) is 1. The minimum absolute atomic E-state index is 0.241. The number of ether oxygens (including phenoxy) is 1. The van der Waals surface area contributed by atoms with E-state index in [1.165, 1.54) is 5.56 Å². The van der Waals surface area contributed by atoms with Gasteiger partial charge in [0.05, 0.1) is 5.39 Å². The molecule has 6 nitrogen and oxygen atoms in total. The van der Waals surface area contributed by atoms with E-state index in [2.05, 4.69) is 19.2 Å². The molecule has 28 heavy (non-hydrogen) atoms. The molecular formula is C22H21NO5. The number of benzene rings is 2. The number of carbonyl (C=O) groups excluding carboxylic acids is 2. The lowest BCUT2D eigenvalue weighted by Gasteiger charge is -2.10. The Morgan fingerprint density at radius 1 is 1.11 bits per heavy atom. The standard InChI is InChI=1S/C22H21NO5/c1-3-14(2)15-8-10-16(11-9-15)23-21(25)13-27-22(26)20-12-18(24)17-6-4-5-7-19(17)28-20/h4-12,14H,3,13H2,1-2H3,(H,23,25)/t14-/m0/s1. The van der Waals surface area contributed by atoms with Crippen molar-refractivity contribution < 1.29 is 18.7 Å². The van der Waals surface area contributed by atoms with Crippen LogP contribution in [-0.4, -0.2) is 18.5 Å². The number of fused-ring (bicyclic) bond motifs is 1. The highest BCUT2D eigenvalue weighted by atomic mass is 16.5. The van der Waals surface area contributed by atoms with Gasteiger partial charge in [0.2, 0.25) is 5.76 Å². The molecule has 0 aliphatic carbocycles. The van der Waals surface area contributed by atoms with Crippen LogP contribution >= 0.6 is 0 Å². The Morgan fingerprint density at radius 3 is 2.54 bits per heavy atom. The van der Waals surface area contributed by atoms with Gasteiger partial charge in [0.1, 0.15) is 5.58 Å². The highest BCUT2D eigenvalue weighted by Crippen LogP contribution is 2.20. The monoisotopic (exact) mass is 379 g/mol. The first-order valence-corrected chi connectivity index (χ1v) is 9.07. The number of hydrogen-bond acceptors (Lipinski definition) is 5. The molecule has 0 fully saturated rings. The Morgan fingerprint density at radius 2 is 1.82 bits per heavy atom. The van der Waals surface area contributed by atoms with Crippen LogP contribution in [0.4, 0.5) is 5.69 Å². The molecular weight excluding hydrogens is 358 g/mol. The predicted octanol–water partition coefficient (Wildman–Crippen LogP) is 4.10. The highest BCUT2D eigenvalue weighted by Gasteiger charge is 2.15. The van der Waals surface area contributed by atoms with E-state index in [0.29, 0.717) is 17.0 Å². The molecule has 0 saturated heterocycles. The molecule has 1 heterocycles. The van der Waals surface area contributed by atoms with Crippen molar-refractivity contribution in [3.05, 3.63) is 76.1 Å². The minimum atomic E-state index is -0.870. The lowest BCUT2D eigenvalue weighted by atomic mass is 9.99. The SMILES string of the molecule is CC[C@H](C)c1ccc(NC(=O)COC(=O)c2cc(=O)c3ccccc3o2)cc1. The van der Waals surface area contributed by atoms with Crippen LogP contribution in [-0.2, 0) is 9.53 Å². The van der Waals surface area contributed by atoms with Gasteiger partial charge in [-0.05, 0) is 42.2 Å². The van der Waals surface area contributed by atoms with Crippen molar-refractivity contribution in [3.8, 4) is 0 Å². The molecule has 6 heteroatoms. The van der Waals surface area contributed by atoms with Crippen molar-refractivity contribution in [2.75, 3.05) is 11.9 Å². The summed E-state index contributed by atoms with van der Waals surface area (Å²) in [5.41, 5.74) is 1.75. The second kappa shape index (κ2) is 8.52. The third-order valence-corrected chi connectivity index (χ3v) is 4.55. The van der Waals surface area contributed by atoms with Crippen molar-refractivity contribution in [2.45, 2.75) is 26.2 Å². The lowest BCUT2D eigenvalue weighted by Crippen LogP contribution is -2.21. The number of anilines is 1. The Labute approximate surface area is 162 Å². The summed E-state index contributed by atoms with van der Waals surface area (Å²) in [6, 6.07) is 15.2. The van der Waals surface area contributed by atoms with Crippen molar-refractivity contribution in [1.29, 1.82) is 0 Å². The molecule has 1 N–H and O–H groups in total. The van der Waals surface area contributed by atoms with E-state index in [1.807, 2.05) is 24.3 Å². The number of esters is 1. The molecule has 0 aliphatic rings. The molecule has 3 rings (SSSR count). The van der Waals surface area contributed by atoms with Gasteiger partial charge < -0.3 is 14.5 Å². The van der Waals surface area contributed by atoms with Crippen LogP contribution in [0.1, 0.15) is 42.3 Å². The van der Waals surface area contributed by atoms with Crippen LogP contribution < -0.4 is 10.7 Å². The molecule has 1 aromatic heterocycles. The summed E-state index contributed by atoms with van der Waals surface area (Å²) in [4.78, 5) is 36.2. The maximum absolute atomic E-state index is 12.1. The number of carbonyl (C=O) groups is 2. The minimum Gasteiger partial charge on any atom is -0.450 e. The van der Waals surface area contributed by atoms with E-state index in [1.54, 1.807) is 24.3 Å². The average Bonchev–Trinajstić information content (AvgIpc) is 2.72. The van der Waals surface area contributed by atoms with Gasteiger partial charge in [-0.2, -0.15) is 0 Å². The summed E-state index contributed by atoms with van der Waals surface area (Å²) in [6.07, 6.45) is 1.03. The van der Waals surface area contributed by atoms with Crippen LogP contribution in [0.25, 0.3) is 11.0 Å². The fourth-order valence-electron chi connectivity index (χ4n) is 2.73. The largest absolute Gasteiger partial charge is 0.450 e. The Hall–Kier alpha value is -3.41. The molecule has 0 unspecified atom stereocenters. The summed E-state index contributed by atoms with van der Waals surface area (Å²) in [5.74, 6) is -1.14. The molecule has 2 aromatic carbocycles. The van der Waals surface area contributed by atoms with E-state index >= 15 is 0 Å². The maximum Gasteiger partial charge on any atom is 0.374 e. The topological polar surface area (TPSA) is 85.6 Å². The quantitative estimate of drug-likeness (QED) is 0.652. The van der Waals surface area contributed by atoms with Crippen LogP contribution in [0.3, 0.4) is 0 Å². The van der Waals surface area contributed by atoms with E-state index < -0.39 is 18.5 Å². The second-order valence-electron chi connectivity index (χ2n) is 6.53. The summed E-state index contributed by atoms with van der Waals surface area (Å²) >= 11 is 0. The normalized spacial score (nSPS) is 11.8. The maximum atomic E-state index is 12.1. The van der Waals surface area contributed by atoms with Crippen molar-refractivity contribution >= 4 is 28.5 Å². The first-order valence-electron chi connectivity index (χ1n) is 9.07. The van der Waals surface area contributed by atoms with Crippen molar-refractivity contribution in [3.63, 3.8) is 0 Å². The number of nitrogens with one attached hydrogen (secondary N) is 1. The van der Waals surface area contributed by atoms with Crippen LogP contribution in [0.2, 0.25) is 0 Å². The molecule has 0 radical (unpaired) electrons. The first kappa shape index (κ1) is 19.4. The van der Waals surface area contributed by atoms with Gasteiger partial charge in [0.15, 0.2) is 12.0 Å². The van der Waals surface area contributed by atoms with E-state index in [9.17, 15) is 14.4 Å². The van der Waals surface area contributed by atoms with E-state index in [4.69, 9.17) is 9.15 Å². The second-order valence-corrected chi connectivity index (χ2v) is 6.53. The molecule has 0 aliphatic heterocycles. The fourth-order valence-corrected chi connectivity index (χ4v) is 2.73. The Balaban J connectivity index is 1.60. The van der Waals surface area contributed by atoms with Gasteiger partial charge in [-0.3, -0.25) is 9.59 Å². The molecule has 1 atom stereocenters. The van der Waals surface area contributed by atoms with Gasteiger partial charge in [0, 0.05) is 11.8 Å². The van der Waals surface area contributed by atoms with Crippen molar-refractivity contribution in [1.82, 2.24) is 0 Å². The smallest absolute Gasteiger partial charge is 0.374 e. The predicted molar refractivity (Wildman–Crippen MR) is 107 cm³/mol.